The van der Waals surface area contributed by atoms with E-state index in [1.165, 1.54) is 16.8 Å². The number of hydrogen-bond acceptors (Lipinski definition) is 2. The van der Waals surface area contributed by atoms with Crippen LogP contribution < -0.4 is 4.90 Å². The number of hydrogen-bond donors (Lipinski definition) is 0. The molecule has 1 aliphatic rings. The number of carbonyl (C=O) groups excluding carboxylic acids is 1. The number of benzene rings is 2. The van der Waals surface area contributed by atoms with Gasteiger partial charge in [-0.25, -0.2) is 0 Å². The molecular weight excluding hydrogens is 320 g/mol. The average Bonchev–Trinajstić information content (AvgIpc) is 2.63. The summed E-state index contributed by atoms with van der Waals surface area (Å²) in [5.74, 6) is 0.234. The van der Waals surface area contributed by atoms with Gasteiger partial charge >= 0.3 is 0 Å². The molecule has 0 aromatic heterocycles. The third kappa shape index (κ3) is 4.27. The Morgan fingerprint density at radius 1 is 0.923 bits per heavy atom. The highest BCUT2D eigenvalue weighted by Gasteiger charge is 2.25. The van der Waals surface area contributed by atoms with Crippen LogP contribution in [-0.4, -0.2) is 37.0 Å². The summed E-state index contributed by atoms with van der Waals surface area (Å²) >= 11 is 0. The van der Waals surface area contributed by atoms with Gasteiger partial charge < -0.3 is 9.80 Å². The smallest absolute Gasteiger partial charge is 0.227 e. The summed E-state index contributed by atoms with van der Waals surface area (Å²) in [5.41, 5.74) is 5.13. The fourth-order valence-corrected chi connectivity index (χ4v) is 3.57. The zero-order valence-corrected chi connectivity index (χ0v) is 16.5. The van der Waals surface area contributed by atoms with Crippen molar-refractivity contribution in [3.8, 4) is 0 Å². The molecule has 1 saturated heterocycles. The van der Waals surface area contributed by atoms with Crippen molar-refractivity contribution in [2.75, 3.05) is 31.1 Å². The molecule has 0 radical (unpaired) electrons. The molecule has 1 aliphatic heterocycles. The number of nitrogens with zero attached hydrogens (tertiary/aromatic N) is 2. The Balaban J connectivity index is 1.63. The monoisotopic (exact) mass is 350 g/mol. The predicted molar refractivity (Wildman–Crippen MR) is 109 cm³/mol. The molecule has 1 amide bonds. The minimum atomic E-state index is 0.120. The lowest BCUT2D eigenvalue weighted by atomic mass is 9.85. The van der Waals surface area contributed by atoms with Crippen molar-refractivity contribution in [2.24, 2.45) is 0 Å². The normalized spacial score (nSPS) is 15.2. The molecular formula is C23H30N2O. The van der Waals surface area contributed by atoms with Crippen LogP contribution in [0.5, 0.6) is 0 Å². The average molecular weight is 351 g/mol. The molecule has 0 unspecified atom stereocenters. The molecule has 0 saturated carbocycles. The van der Waals surface area contributed by atoms with E-state index in [1.807, 2.05) is 4.90 Å². The van der Waals surface area contributed by atoms with Gasteiger partial charge in [0, 0.05) is 31.9 Å². The van der Waals surface area contributed by atoms with Gasteiger partial charge in [-0.15, -0.1) is 0 Å². The Morgan fingerprint density at radius 2 is 1.54 bits per heavy atom. The molecule has 0 bridgehead atoms. The molecule has 3 heteroatoms. The molecule has 1 heterocycles. The first-order chi connectivity index (χ1) is 12.3. The molecule has 0 N–H and O–H groups in total. The lowest BCUT2D eigenvalue weighted by Gasteiger charge is -2.38. The number of amides is 1. The second kappa shape index (κ2) is 7.53. The number of piperazine rings is 1. The zero-order valence-electron chi connectivity index (χ0n) is 16.5. The highest BCUT2D eigenvalue weighted by atomic mass is 16.2. The van der Waals surface area contributed by atoms with Crippen molar-refractivity contribution in [3.05, 3.63) is 65.2 Å². The van der Waals surface area contributed by atoms with Gasteiger partial charge in [-0.1, -0.05) is 68.8 Å². The van der Waals surface area contributed by atoms with E-state index in [1.54, 1.807) is 0 Å². The molecule has 2 aromatic rings. The third-order valence-electron chi connectivity index (χ3n) is 5.16. The van der Waals surface area contributed by atoms with Gasteiger partial charge in [0.25, 0.3) is 0 Å². The lowest BCUT2D eigenvalue weighted by molar-refractivity contribution is -0.130. The summed E-state index contributed by atoms with van der Waals surface area (Å²) in [7, 11) is 0. The van der Waals surface area contributed by atoms with E-state index in [2.05, 4.69) is 81.1 Å². The summed E-state index contributed by atoms with van der Waals surface area (Å²) in [4.78, 5) is 17.1. The van der Waals surface area contributed by atoms with Crippen molar-refractivity contribution in [3.63, 3.8) is 0 Å². The van der Waals surface area contributed by atoms with E-state index in [9.17, 15) is 4.79 Å². The van der Waals surface area contributed by atoms with Gasteiger partial charge in [0.2, 0.25) is 5.91 Å². The first kappa shape index (κ1) is 18.5. The van der Waals surface area contributed by atoms with Crippen LogP contribution in [0.4, 0.5) is 5.69 Å². The lowest BCUT2D eigenvalue weighted by Crippen LogP contribution is -2.49. The molecule has 0 aliphatic carbocycles. The fourth-order valence-electron chi connectivity index (χ4n) is 3.57. The maximum atomic E-state index is 12.6. The minimum absolute atomic E-state index is 0.120. The second-order valence-corrected chi connectivity index (χ2v) is 8.30. The van der Waals surface area contributed by atoms with Crippen molar-refractivity contribution in [1.29, 1.82) is 0 Å². The van der Waals surface area contributed by atoms with Gasteiger partial charge in [0.05, 0.1) is 6.42 Å². The van der Waals surface area contributed by atoms with Crippen molar-refractivity contribution < 1.29 is 4.79 Å². The van der Waals surface area contributed by atoms with Crippen LogP contribution >= 0.6 is 0 Å². The molecule has 3 rings (SSSR count). The number of rotatable bonds is 3. The number of carbonyl (C=O) groups is 1. The van der Waals surface area contributed by atoms with Crippen LogP contribution in [0.3, 0.4) is 0 Å². The zero-order chi connectivity index (χ0) is 18.7. The van der Waals surface area contributed by atoms with Gasteiger partial charge in [0.1, 0.15) is 0 Å². The Hall–Kier alpha value is -2.29. The van der Waals surface area contributed by atoms with Crippen LogP contribution in [-0.2, 0) is 16.6 Å². The Morgan fingerprint density at radius 3 is 2.15 bits per heavy atom. The molecule has 0 spiro atoms. The fraction of sp³-hybridized carbons (Fsp3) is 0.435. The van der Waals surface area contributed by atoms with E-state index in [0.29, 0.717) is 6.42 Å². The molecule has 2 aromatic carbocycles. The van der Waals surface area contributed by atoms with Gasteiger partial charge in [0.15, 0.2) is 0 Å². The molecule has 0 atom stereocenters. The van der Waals surface area contributed by atoms with Gasteiger partial charge in [-0.05, 0) is 29.5 Å². The van der Waals surface area contributed by atoms with Gasteiger partial charge in [-0.3, -0.25) is 4.79 Å². The largest absolute Gasteiger partial charge is 0.368 e. The highest BCUT2D eigenvalue weighted by Crippen LogP contribution is 2.32. The van der Waals surface area contributed by atoms with Crippen LogP contribution in [0.2, 0.25) is 0 Å². The Labute approximate surface area is 157 Å². The number of aryl methyl sites for hydroxylation is 1. The van der Waals surface area contributed by atoms with E-state index >= 15 is 0 Å². The maximum absolute atomic E-state index is 12.6. The SMILES string of the molecule is Cc1ccc(CC(=O)N2CCN(c3ccccc3C(C)(C)C)CC2)cc1. The van der Waals surface area contributed by atoms with Gasteiger partial charge in [-0.2, -0.15) is 0 Å². The summed E-state index contributed by atoms with van der Waals surface area (Å²) in [6.45, 7) is 12.2. The van der Waals surface area contributed by atoms with Crippen molar-refractivity contribution >= 4 is 11.6 Å². The molecule has 138 valence electrons. The standard InChI is InChI=1S/C23H30N2O/c1-18-9-11-19(12-10-18)17-22(26)25-15-13-24(14-16-25)21-8-6-5-7-20(21)23(2,3)4/h5-12H,13-17H2,1-4H3. The molecule has 1 fully saturated rings. The van der Waals surface area contributed by atoms with Crippen molar-refractivity contribution in [1.82, 2.24) is 4.90 Å². The summed E-state index contributed by atoms with van der Waals surface area (Å²) < 4.78 is 0. The Bertz CT molecular complexity index is 751. The van der Waals surface area contributed by atoms with E-state index in [-0.39, 0.29) is 11.3 Å². The quantitative estimate of drug-likeness (QED) is 0.829. The molecule has 3 nitrogen and oxygen atoms in total. The van der Waals surface area contributed by atoms with E-state index < -0.39 is 0 Å². The summed E-state index contributed by atoms with van der Waals surface area (Å²) in [5, 5.41) is 0. The Kier molecular flexibility index (Phi) is 5.36. The number of para-hydroxylation sites is 1. The van der Waals surface area contributed by atoms with Crippen LogP contribution in [0.25, 0.3) is 0 Å². The second-order valence-electron chi connectivity index (χ2n) is 8.30. The first-order valence-corrected chi connectivity index (χ1v) is 9.52. The predicted octanol–water partition coefficient (Wildman–Crippen LogP) is 4.18. The molecule has 26 heavy (non-hydrogen) atoms. The first-order valence-electron chi connectivity index (χ1n) is 9.52. The highest BCUT2D eigenvalue weighted by molar-refractivity contribution is 5.79. The van der Waals surface area contributed by atoms with Crippen LogP contribution in [0, 0.1) is 6.92 Å². The third-order valence-corrected chi connectivity index (χ3v) is 5.16. The van der Waals surface area contributed by atoms with Crippen LogP contribution in [0.15, 0.2) is 48.5 Å². The number of anilines is 1. The van der Waals surface area contributed by atoms with Crippen LogP contribution in [0.1, 0.15) is 37.5 Å². The van der Waals surface area contributed by atoms with E-state index in [4.69, 9.17) is 0 Å². The summed E-state index contributed by atoms with van der Waals surface area (Å²) in [6.07, 6.45) is 0.499. The van der Waals surface area contributed by atoms with Crippen molar-refractivity contribution in [2.45, 2.75) is 39.5 Å². The van der Waals surface area contributed by atoms with E-state index in [0.717, 1.165) is 31.7 Å². The topological polar surface area (TPSA) is 23.6 Å². The minimum Gasteiger partial charge on any atom is -0.368 e. The maximum Gasteiger partial charge on any atom is 0.227 e. The summed E-state index contributed by atoms with van der Waals surface area (Å²) in [6, 6.07) is 16.9.